The summed E-state index contributed by atoms with van der Waals surface area (Å²) in [6.45, 7) is 0.676. The third-order valence-electron chi connectivity index (χ3n) is 6.43. The number of anilines is 2. The van der Waals surface area contributed by atoms with Crippen LogP contribution < -0.4 is 26.0 Å². The lowest BCUT2D eigenvalue weighted by atomic mass is 10.0. The van der Waals surface area contributed by atoms with Gasteiger partial charge < -0.3 is 20.3 Å². The Labute approximate surface area is 220 Å². The highest BCUT2D eigenvalue weighted by Gasteiger charge is 2.40. The fraction of sp³-hybridized carbons (Fsp3) is 0.375. The summed E-state index contributed by atoms with van der Waals surface area (Å²) >= 11 is 1.37. The summed E-state index contributed by atoms with van der Waals surface area (Å²) in [5.41, 5.74) is 0.327. The minimum Gasteiger partial charge on any atom is -0.433 e. The number of carbonyl (C=O) groups excluding carboxylic acids is 4. The first-order chi connectivity index (χ1) is 18.0. The van der Waals surface area contributed by atoms with E-state index in [2.05, 4.69) is 31.0 Å². The van der Waals surface area contributed by atoms with E-state index in [1.165, 1.54) is 34.9 Å². The van der Waals surface area contributed by atoms with Crippen molar-refractivity contribution >= 4 is 47.0 Å². The first kappa shape index (κ1) is 25.7. The van der Waals surface area contributed by atoms with Crippen molar-refractivity contribution in [3.05, 3.63) is 41.6 Å². The maximum absolute atomic E-state index is 12.8. The maximum Gasteiger partial charge on any atom is 0.387 e. The third kappa shape index (κ3) is 4.95. The Balaban J connectivity index is 1.22. The van der Waals surface area contributed by atoms with Crippen molar-refractivity contribution in [2.24, 2.45) is 0 Å². The van der Waals surface area contributed by atoms with Crippen LogP contribution in [-0.4, -0.2) is 57.2 Å². The van der Waals surface area contributed by atoms with Crippen LogP contribution in [0.3, 0.4) is 0 Å². The van der Waals surface area contributed by atoms with E-state index >= 15 is 0 Å². The number of pyridine rings is 1. The SMILES string of the molecule is CC(C)(NC(=O)Nc1ccc2c(n1)CN(C1CCC(=O)NC1=O)C2=O)C1Nc2c(OC(F)F)cccc2S1. The molecular weight excluding hydrogens is 522 g/mol. The molecule has 5 amide bonds. The van der Waals surface area contributed by atoms with Gasteiger partial charge in [0.25, 0.3) is 5.91 Å². The van der Waals surface area contributed by atoms with E-state index in [-0.39, 0.29) is 42.8 Å². The summed E-state index contributed by atoms with van der Waals surface area (Å²) in [4.78, 5) is 55.8. The summed E-state index contributed by atoms with van der Waals surface area (Å²) in [5.74, 6) is -1.02. The molecule has 14 heteroatoms. The third-order valence-corrected chi connectivity index (χ3v) is 7.97. The minimum absolute atomic E-state index is 0.0241. The van der Waals surface area contributed by atoms with E-state index in [4.69, 9.17) is 0 Å². The van der Waals surface area contributed by atoms with Crippen molar-refractivity contribution in [3.63, 3.8) is 0 Å². The number of para-hydroxylation sites is 1. The molecule has 3 aliphatic heterocycles. The molecule has 11 nitrogen and oxygen atoms in total. The normalized spacial score (nSPS) is 20.6. The van der Waals surface area contributed by atoms with Gasteiger partial charge in [0.15, 0.2) is 0 Å². The zero-order valence-electron chi connectivity index (χ0n) is 20.3. The molecular formula is C24H24F2N6O5S. The number of halogens is 2. The Bertz CT molecular complexity index is 1340. The number of ether oxygens (including phenoxy) is 1. The van der Waals surface area contributed by atoms with Gasteiger partial charge in [0.1, 0.15) is 17.6 Å². The minimum atomic E-state index is -2.96. The Hall–Kier alpha value is -3.94. The Morgan fingerprint density at radius 2 is 2.03 bits per heavy atom. The van der Waals surface area contributed by atoms with E-state index in [0.717, 1.165) is 0 Å². The lowest BCUT2D eigenvalue weighted by Gasteiger charge is -2.32. The number of aromatic nitrogens is 1. The van der Waals surface area contributed by atoms with Crippen LogP contribution in [0, 0.1) is 0 Å². The summed E-state index contributed by atoms with van der Waals surface area (Å²) in [5, 5.41) is 10.5. The van der Waals surface area contributed by atoms with Gasteiger partial charge in [-0.05, 0) is 44.5 Å². The van der Waals surface area contributed by atoms with E-state index in [9.17, 15) is 28.0 Å². The van der Waals surface area contributed by atoms with Gasteiger partial charge in [0.2, 0.25) is 11.8 Å². The zero-order chi connectivity index (χ0) is 27.2. The molecule has 0 radical (unpaired) electrons. The molecule has 200 valence electrons. The molecule has 4 N–H and O–H groups in total. The predicted molar refractivity (Wildman–Crippen MR) is 133 cm³/mol. The monoisotopic (exact) mass is 546 g/mol. The zero-order valence-corrected chi connectivity index (χ0v) is 21.2. The van der Waals surface area contributed by atoms with Crippen molar-refractivity contribution in [2.45, 2.75) is 61.7 Å². The lowest BCUT2D eigenvalue weighted by Crippen LogP contribution is -2.54. The second-order valence-electron chi connectivity index (χ2n) is 9.54. The quantitative estimate of drug-likeness (QED) is 0.406. The number of hydrogen-bond donors (Lipinski definition) is 4. The van der Waals surface area contributed by atoms with Gasteiger partial charge in [0.05, 0.1) is 34.4 Å². The number of hydrogen-bond acceptors (Lipinski definition) is 8. The molecule has 5 rings (SSSR count). The summed E-state index contributed by atoms with van der Waals surface area (Å²) < 4.78 is 30.1. The second kappa shape index (κ2) is 9.74. The molecule has 1 saturated heterocycles. The summed E-state index contributed by atoms with van der Waals surface area (Å²) in [6.07, 6.45) is 0.381. The van der Waals surface area contributed by atoms with Crippen LogP contribution >= 0.6 is 11.8 Å². The Morgan fingerprint density at radius 1 is 1.24 bits per heavy atom. The standard InChI is InChI=1S/C24H24F2N6O5S/c1-24(2,21-30-18-14(37-22(25)26)4-3-5-15(18)38-21)31-23(36)28-16-8-6-11-12(27-16)10-32(20(11)35)13-7-9-17(33)29-19(13)34/h3-6,8,13,21-22,30H,7,9-10H2,1-2H3,(H,29,33,34)(H2,27,28,31,36). The van der Waals surface area contributed by atoms with E-state index in [1.54, 1.807) is 26.0 Å². The van der Waals surface area contributed by atoms with E-state index in [0.29, 0.717) is 21.8 Å². The second-order valence-corrected chi connectivity index (χ2v) is 10.7. The highest BCUT2D eigenvalue weighted by atomic mass is 32.2. The number of nitrogens with zero attached hydrogens (tertiary/aromatic N) is 2. The number of nitrogens with one attached hydrogen (secondary N) is 4. The topological polar surface area (TPSA) is 142 Å². The number of imide groups is 1. The molecule has 0 aliphatic carbocycles. The number of fused-ring (bicyclic) bond motifs is 2. The largest absolute Gasteiger partial charge is 0.433 e. The Morgan fingerprint density at radius 3 is 2.76 bits per heavy atom. The number of amides is 5. The molecule has 2 unspecified atom stereocenters. The average molecular weight is 547 g/mol. The van der Waals surface area contributed by atoms with Crippen molar-refractivity contribution in [2.75, 3.05) is 10.6 Å². The van der Waals surface area contributed by atoms with Crippen LogP contribution in [0.5, 0.6) is 5.75 Å². The number of alkyl halides is 2. The number of thioether (sulfide) groups is 1. The van der Waals surface area contributed by atoms with Crippen LogP contribution in [0.25, 0.3) is 0 Å². The van der Waals surface area contributed by atoms with Crippen LogP contribution in [0.2, 0.25) is 0 Å². The number of piperidine rings is 1. The van der Waals surface area contributed by atoms with Crippen LogP contribution in [0.1, 0.15) is 42.7 Å². The Kier molecular flexibility index (Phi) is 6.59. The number of carbonyl (C=O) groups is 4. The molecule has 0 bridgehead atoms. The summed E-state index contributed by atoms with van der Waals surface area (Å²) in [7, 11) is 0. The van der Waals surface area contributed by atoms with Gasteiger partial charge in [-0.15, -0.1) is 0 Å². The predicted octanol–water partition coefficient (Wildman–Crippen LogP) is 2.89. The number of benzene rings is 1. The van der Waals surface area contributed by atoms with Gasteiger partial charge >= 0.3 is 12.6 Å². The van der Waals surface area contributed by atoms with Gasteiger partial charge in [-0.1, -0.05) is 17.8 Å². The van der Waals surface area contributed by atoms with Crippen molar-refractivity contribution < 1.29 is 32.7 Å². The van der Waals surface area contributed by atoms with Gasteiger partial charge in [-0.25, -0.2) is 9.78 Å². The maximum atomic E-state index is 12.8. The number of urea groups is 1. The fourth-order valence-corrected chi connectivity index (χ4v) is 5.79. The molecule has 2 atom stereocenters. The lowest BCUT2D eigenvalue weighted by molar-refractivity contribution is -0.136. The molecule has 1 fully saturated rings. The van der Waals surface area contributed by atoms with Gasteiger partial charge in [-0.2, -0.15) is 8.78 Å². The van der Waals surface area contributed by atoms with Crippen molar-refractivity contribution in [1.29, 1.82) is 0 Å². The molecule has 2 aromatic rings. The van der Waals surface area contributed by atoms with Crippen LogP contribution in [-0.2, 0) is 16.1 Å². The van der Waals surface area contributed by atoms with Gasteiger partial charge in [0, 0.05) is 11.3 Å². The highest BCUT2D eigenvalue weighted by molar-refractivity contribution is 8.00. The summed E-state index contributed by atoms with van der Waals surface area (Å²) in [6, 6.07) is 6.54. The van der Waals surface area contributed by atoms with E-state index in [1.807, 2.05) is 0 Å². The van der Waals surface area contributed by atoms with Gasteiger partial charge in [-0.3, -0.25) is 25.0 Å². The average Bonchev–Trinajstić information content (AvgIpc) is 3.41. The molecule has 3 aliphatic rings. The molecule has 1 aromatic heterocycles. The van der Waals surface area contributed by atoms with Crippen LogP contribution in [0.15, 0.2) is 35.2 Å². The van der Waals surface area contributed by atoms with Crippen molar-refractivity contribution in [3.8, 4) is 5.75 Å². The van der Waals surface area contributed by atoms with E-state index < -0.39 is 35.5 Å². The molecule has 1 aromatic carbocycles. The highest BCUT2D eigenvalue weighted by Crippen LogP contribution is 2.47. The molecule has 0 saturated carbocycles. The van der Waals surface area contributed by atoms with Crippen molar-refractivity contribution in [1.82, 2.24) is 20.5 Å². The first-order valence-electron chi connectivity index (χ1n) is 11.8. The fourth-order valence-electron chi connectivity index (χ4n) is 4.57. The molecule has 0 spiro atoms. The molecule has 4 heterocycles. The van der Waals surface area contributed by atoms with Crippen LogP contribution in [0.4, 0.5) is 25.1 Å². The first-order valence-corrected chi connectivity index (χ1v) is 12.6. The smallest absolute Gasteiger partial charge is 0.387 e. The number of rotatable bonds is 6. The molecule has 38 heavy (non-hydrogen) atoms.